The van der Waals surface area contributed by atoms with Crippen LogP contribution in [-0.4, -0.2) is 54.9 Å². The van der Waals surface area contributed by atoms with Crippen molar-refractivity contribution in [3.8, 4) is 0 Å². The Labute approximate surface area is 178 Å². The van der Waals surface area contributed by atoms with E-state index in [1.54, 1.807) is 14.0 Å². The van der Waals surface area contributed by atoms with Gasteiger partial charge >= 0.3 is 5.97 Å². The van der Waals surface area contributed by atoms with Crippen LogP contribution in [0.5, 0.6) is 0 Å². The molecule has 1 atom stereocenters. The van der Waals surface area contributed by atoms with E-state index in [1.165, 1.54) is 39.6 Å². The van der Waals surface area contributed by atoms with E-state index in [9.17, 15) is 18.0 Å². The fourth-order valence-electron chi connectivity index (χ4n) is 4.10. The number of amides is 1. The first-order valence-electron chi connectivity index (χ1n) is 10.7. The quantitative estimate of drug-likeness (QED) is 0.497. The van der Waals surface area contributed by atoms with Crippen molar-refractivity contribution in [3.63, 3.8) is 0 Å². The van der Waals surface area contributed by atoms with Gasteiger partial charge in [0.2, 0.25) is 15.9 Å². The fraction of sp³-hybridized carbons (Fsp3) is 0.619. The Hall–Kier alpha value is -2.13. The summed E-state index contributed by atoms with van der Waals surface area (Å²) in [4.78, 5) is 24.8. The molecule has 1 aromatic rings. The molecule has 1 saturated heterocycles. The fourth-order valence-corrected chi connectivity index (χ4v) is 5.83. The van der Waals surface area contributed by atoms with Crippen LogP contribution in [0.15, 0.2) is 28.8 Å². The third-order valence-corrected chi connectivity index (χ3v) is 7.58. The van der Waals surface area contributed by atoms with Crippen LogP contribution in [0.25, 0.3) is 0 Å². The lowest BCUT2D eigenvalue weighted by Gasteiger charge is -2.23. The molecule has 1 aromatic heterocycles. The number of hydrogen-bond acceptors (Lipinski definition) is 5. The Balaban J connectivity index is 1.67. The van der Waals surface area contributed by atoms with E-state index >= 15 is 0 Å². The molecule has 30 heavy (non-hydrogen) atoms. The van der Waals surface area contributed by atoms with Crippen LogP contribution < -0.4 is 5.32 Å². The number of aromatic nitrogens is 1. The molecule has 1 aliphatic heterocycles. The zero-order valence-corrected chi connectivity index (χ0v) is 18.5. The van der Waals surface area contributed by atoms with Gasteiger partial charge in [0.25, 0.3) is 0 Å². The Morgan fingerprint density at radius 2 is 2.07 bits per heavy atom. The molecule has 0 bridgehead atoms. The number of nitrogens with zero attached hydrogens (tertiary/aromatic N) is 2. The molecule has 9 heteroatoms. The monoisotopic (exact) mass is 437 g/mol. The third kappa shape index (κ3) is 4.95. The van der Waals surface area contributed by atoms with E-state index < -0.39 is 22.0 Å². The molecule has 8 nitrogen and oxygen atoms in total. The largest absolute Gasteiger partial charge is 0.461 e. The molecule has 0 unspecified atom stereocenters. The lowest BCUT2D eigenvalue weighted by Crippen LogP contribution is -2.46. The number of sulfonamides is 1. The Morgan fingerprint density at radius 1 is 1.27 bits per heavy atom. The van der Waals surface area contributed by atoms with Crippen LogP contribution in [0, 0.1) is 0 Å². The van der Waals surface area contributed by atoms with Gasteiger partial charge in [-0.05, 0) is 57.9 Å². The van der Waals surface area contributed by atoms with Gasteiger partial charge in [-0.3, -0.25) is 4.79 Å². The van der Waals surface area contributed by atoms with Crippen LogP contribution >= 0.6 is 0 Å². The lowest BCUT2D eigenvalue weighted by molar-refractivity contribution is -0.124. The molecular formula is C21H31N3O5S. The van der Waals surface area contributed by atoms with E-state index in [-0.39, 0.29) is 29.6 Å². The molecule has 166 valence electrons. The minimum absolute atomic E-state index is 0.000106. The van der Waals surface area contributed by atoms with E-state index in [0.29, 0.717) is 19.4 Å². The summed E-state index contributed by atoms with van der Waals surface area (Å²) < 4.78 is 34.0. The standard InChI is InChI=1S/C21H31N3O5S/c1-3-29-21(26)19-14-17(15-23(19)2)30(27,28)24-13-7-10-18(24)20(25)22-12-11-16-8-5-4-6-9-16/h8,14-15,18H,3-7,9-13H2,1-2H3,(H,22,25)/t18-/m1/s1. The van der Waals surface area contributed by atoms with E-state index in [2.05, 4.69) is 11.4 Å². The summed E-state index contributed by atoms with van der Waals surface area (Å²) in [5.74, 6) is -0.830. The Morgan fingerprint density at radius 3 is 2.77 bits per heavy atom. The maximum Gasteiger partial charge on any atom is 0.354 e. The molecule has 0 spiro atoms. The predicted molar refractivity (Wildman–Crippen MR) is 112 cm³/mol. The SMILES string of the molecule is CCOC(=O)c1cc(S(=O)(=O)N2CCC[C@@H]2C(=O)NCCC2=CCCCC2)cn1C. The zero-order chi connectivity index (χ0) is 21.7. The first-order chi connectivity index (χ1) is 14.3. The van der Waals surface area contributed by atoms with Crippen molar-refractivity contribution >= 4 is 21.9 Å². The highest BCUT2D eigenvalue weighted by Gasteiger charge is 2.40. The van der Waals surface area contributed by atoms with Crippen LogP contribution in [0.4, 0.5) is 0 Å². The van der Waals surface area contributed by atoms with Crippen LogP contribution in [-0.2, 0) is 26.6 Å². The number of hydrogen-bond donors (Lipinski definition) is 1. The molecular weight excluding hydrogens is 406 g/mol. The Kier molecular flexibility index (Phi) is 7.36. The summed E-state index contributed by atoms with van der Waals surface area (Å²) in [5, 5.41) is 2.91. The average Bonchev–Trinajstić information content (AvgIpc) is 3.36. The number of aryl methyl sites for hydroxylation is 1. The molecule has 0 aromatic carbocycles. The second-order valence-electron chi connectivity index (χ2n) is 7.82. The van der Waals surface area contributed by atoms with E-state index in [4.69, 9.17) is 4.74 Å². The van der Waals surface area contributed by atoms with Gasteiger partial charge in [-0.2, -0.15) is 4.31 Å². The van der Waals surface area contributed by atoms with E-state index in [0.717, 1.165) is 19.3 Å². The normalized spacial score (nSPS) is 20.1. The van der Waals surface area contributed by atoms with Crippen molar-refractivity contribution in [2.45, 2.75) is 62.8 Å². The summed E-state index contributed by atoms with van der Waals surface area (Å²) in [6, 6.07) is 0.595. The number of carbonyl (C=O) groups is 2. The molecule has 1 aliphatic carbocycles. The average molecular weight is 438 g/mol. The number of carbonyl (C=O) groups excluding carboxylic acids is 2. The van der Waals surface area contributed by atoms with Crippen molar-refractivity contribution in [2.75, 3.05) is 19.7 Å². The highest BCUT2D eigenvalue weighted by Crippen LogP contribution is 2.27. The smallest absolute Gasteiger partial charge is 0.354 e. The minimum atomic E-state index is -3.90. The van der Waals surface area contributed by atoms with Gasteiger partial charge in [-0.15, -0.1) is 0 Å². The number of rotatable bonds is 8. The second kappa shape index (κ2) is 9.78. The minimum Gasteiger partial charge on any atom is -0.461 e. The number of esters is 1. The van der Waals surface area contributed by atoms with Crippen molar-refractivity contribution in [2.24, 2.45) is 7.05 Å². The van der Waals surface area contributed by atoms with Crippen molar-refractivity contribution < 1.29 is 22.7 Å². The molecule has 0 saturated carbocycles. The predicted octanol–water partition coefficient (Wildman–Crippen LogP) is 2.36. The number of ether oxygens (including phenoxy) is 1. The first-order valence-corrected chi connectivity index (χ1v) is 12.1. The zero-order valence-electron chi connectivity index (χ0n) is 17.7. The topological polar surface area (TPSA) is 97.7 Å². The van der Waals surface area contributed by atoms with Gasteiger partial charge in [-0.25, -0.2) is 13.2 Å². The van der Waals surface area contributed by atoms with Crippen molar-refractivity contribution in [3.05, 3.63) is 29.6 Å². The van der Waals surface area contributed by atoms with Crippen molar-refractivity contribution in [1.82, 2.24) is 14.2 Å². The van der Waals surface area contributed by atoms with Crippen LogP contribution in [0.1, 0.15) is 62.4 Å². The molecule has 3 rings (SSSR count). The van der Waals surface area contributed by atoms with Crippen molar-refractivity contribution in [1.29, 1.82) is 0 Å². The molecule has 1 N–H and O–H groups in total. The van der Waals surface area contributed by atoms with Crippen LogP contribution in [0.2, 0.25) is 0 Å². The summed E-state index contributed by atoms with van der Waals surface area (Å²) in [5.41, 5.74) is 1.53. The molecule has 2 aliphatic rings. The van der Waals surface area contributed by atoms with E-state index in [1.807, 2.05) is 0 Å². The second-order valence-corrected chi connectivity index (χ2v) is 9.71. The highest BCUT2D eigenvalue weighted by molar-refractivity contribution is 7.89. The molecule has 2 heterocycles. The van der Waals surface area contributed by atoms with Gasteiger partial charge in [0.15, 0.2) is 0 Å². The summed E-state index contributed by atoms with van der Waals surface area (Å²) in [6.45, 7) is 2.71. The number of nitrogens with one attached hydrogen (secondary N) is 1. The van der Waals surface area contributed by atoms with Gasteiger partial charge in [0.05, 0.1) is 6.61 Å². The molecule has 1 amide bonds. The summed E-state index contributed by atoms with van der Waals surface area (Å²) in [7, 11) is -2.30. The van der Waals surface area contributed by atoms with Crippen LogP contribution in [0.3, 0.4) is 0 Å². The maximum atomic E-state index is 13.2. The maximum absolute atomic E-state index is 13.2. The first kappa shape index (κ1) is 22.6. The van der Waals surface area contributed by atoms with Gasteiger partial charge in [0.1, 0.15) is 16.6 Å². The third-order valence-electron chi connectivity index (χ3n) is 5.71. The van der Waals surface area contributed by atoms with Gasteiger partial charge in [-0.1, -0.05) is 11.6 Å². The van der Waals surface area contributed by atoms with Gasteiger partial charge in [0, 0.05) is 26.3 Å². The highest BCUT2D eigenvalue weighted by atomic mass is 32.2. The summed E-state index contributed by atoms with van der Waals surface area (Å²) >= 11 is 0. The Bertz CT molecular complexity index is 919. The molecule has 0 radical (unpaired) electrons. The molecule has 1 fully saturated rings. The lowest BCUT2D eigenvalue weighted by atomic mass is 9.97. The van der Waals surface area contributed by atoms with Gasteiger partial charge < -0.3 is 14.6 Å². The summed E-state index contributed by atoms with van der Waals surface area (Å²) in [6.07, 6.45) is 10.2. The number of allylic oxidation sites excluding steroid dienone is 1.